The number of nitrogens with zero attached hydrogens (tertiary/aromatic N) is 2. The first kappa shape index (κ1) is 17.1. The van der Waals surface area contributed by atoms with E-state index in [4.69, 9.17) is 4.74 Å². The first-order valence-electron chi connectivity index (χ1n) is 9.45. The van der Waals surface area contributed by atoms with Gasteiger partial charge in [0.1, 0.15) is 5.82 Å². The highest BCUT2D eigenvalue weighted by Gasteiger charge is 2.41. The van der Waals surface area contributed by atoms with E-state index >= 15 is 0 Å². The number of benzene rings is 1. The van der Waals surface area contributed by atoms with Gasteiger partial charge in [-0.15, -0.1) is 0 Å². The van der Waals surface area contributed by atoms with Crippen LogP contribution in [0, 0.1) is 6.92 Å². The van der Waals surface area contributed by atoms with Gasteiger partial charge < -0.3 is 19.9 Å². The first-order valence-corrected chi connectivity index (χ1v) is 9.45. The van der Waals surface area contributed by atoms with Crippen molar-refractivity contribution < 1.29 is 9.53 Å². The van der Waals surface area contributed by atoms with E-state index in [2.05, 4.69) is 15.6 Å². The Balaban J connectivity index is 1.32. The largest absolute Gasteiger partial charge is 0.373 e. The molecule has 0 radical (unpaired) electrons. The molecule has 2 heterocycles. The number of hydrogen-bond acceptors (Lipinski definition) is 3. The highest BCUT2D eigenvalue weighted by molar-refractivity contribution is 5.89. The number of ether oxygens (including phenoxy) is 1. The maximum Gasteiger partial charge on any atom is 0.319 e. The van der Waals surface area contributed by atoms with Crippen LogP contribution in [0.3, 0.4) is 0 Å². The normalized spacial score (nSPS) is 21.7. The summed E-state index contributed by atoms with van der Waals surface area (Å²) in [6.45, 7) is 2.58. The zero-order valence-electron chi connectivity index (χ0n) is 15.2. The lowest BCUT2D eigenvalue weighted by Gasteiger charge is -2.32. The van der Waals surface area contributed by atoms with E-state index in [0.29, 0.717) is 6.61 Å². The number of rotatable bonds is 3. The van der Waals surface area contributed by atoms with Gasteiger partial charge in [0, 0.05) is 23.8 Å². The number of imidazole rings is 1. The molecule has 6 heteroatoms. The number of urea groups is 1. The highest BCUT2D eigenvalue weighted by atomic mass is 16.5. The summed E-state index contributed by atoms with van der Waals surface area (Å²) in [5.74, 6) is 0.932. The zero-order chi connectivity index (χ0) is 18.0. The Labute approximate surface area is 154 Å². The summed E-state index contributed by atoms with van der Waals surface area (Å²) in [4.78, 5) is 16.5. The van der Waals surface area contributed by atoms with Crippen LogP contribution < -0.4 is 10.6 Å². The molecule has 1 aromatic carbocycles. The number of hydrogen-bond donors (Lipinski definition) is 2. The van der Waals surface area contributed by atoms with Gasteiger partial charge >= 0.3 is 6.03 Å². The van der Waals surface area contributed by atoms with Crippen LogP contribution in [0.2, 0.25) is 0 Å². The molecule has 2 aromatic rings. The van der Waals surface area contributed by atoms with Gasteiger partial charge in [-0.3, -0.25) is 0 Å². The van der Waals surface area contributed by atoms with Crippen LogP contribution in [-0.4, -0.2) is 33.8 Å². The average Bonchev–Trinajstić information content (AvgIpc) is 3.23. The Hall–Kier alpha value is -2.34. The second kappa shape index (κ2) is 7.11. The maximum atomic E-state index is 12.3. The quantitative estimate of drug-likeness (QED) is 0.881. The third-order valence-electron chi connectivity index (χ3n) is 5.54. The molecule has 138 valence electrons. The van der Waals surface area contributed by atoms with Crippen LogP contribution in [0.15, 0.2) is 36.7 Å². The van der Waals surface area contributed by atoms with Crippen LogP contribution in [-0.2, 0) is 4.74 Å². The lowest BCUT2D eigenvalue weighted by atomic mass is 9.82. The number of anilines is 1. The highest BCUT2D eigenvalue weighted by Crippen LogP contribution is 2.39. The molecule has 1 saturated heterocycles. The third-order valence-corrected chi connectivity index (χ3v) is 5.54. The molecule has 4 rings (SSSR count). The summed E-state index contributed by atoms with van der Waals surface area (Å²) < 4.78 is 8.07. The van der Waals surface area contributed by atoms with E-state index in [1.807, 2.05) is 42.0 Å². The molecule has 6 nitrogen and oxygen atoms in total. The smallest absolute Gasteiger partial charge is 0.319 e. The van der Waals surface area contributed by atoms with Gasteiger partial charge in [-0.2, -0.15) is 0 Å². The fourth-order valence-corrected chi connectivity index (χ4v) is 4.19. The van der Waals surface area contributed by atoms with E-state index in [9.17, 15) is 4.79 Å². The van der Waals surface area contributed by atoms with Gasteiger partial charge in [0.2, 0.25) is 0 Å². The summed E-state index contributed by atoms with van der Waals surface area (Å²) in [6, 6.07) is 7.68. The maximum absolute atomic E-state index is 12.3. The number of amides is 2. The second-order valence-corrected chi connectivity index (χ2v) is 7.45. The van der Waals surface area contributed by atoms with E-state index in [-0.39, 0.29) is 17.7 Å². The number of nitrogens with one attached hydrogen (secondary N) is 2. The Morgan fingerprint density at radius 2 is 2.00 bits per heavy atom. The standard InChI is InChI=1S/C20H26N4O2/c1-15-21-11-12-24(15)18-7-5-16(6-8-18)22-19(25)23-17-13-20(26-14-17)9-3-2-4-10-20/h5-8,11-12,17H,2-4,9-10,13-14H2,1H3,(H2,22,23,25)/t17-/m0/s1. The fraction of sp³-hybridized carbons (Fsp3) is 0.500. The summed E-state index contributed by atoms with van der Waals surface area (Å²) >= 11 is 0. The monoisotopic (exact) mass is 354 g/mol. The van der Waals surface area contributed by atoms with E-state index in [1.54, 1.807) is 6.20 Å². The topological polar surface area (TPSA) is 68.2 Å². The minimum atomic E-state index is -0.168. The molecule has 2 fully saturated rings. The van der Waals surface area contributed by atoms with Crippen molar-refractivity contribution in [3.05, 3.63) is 42.5 Å². The number of aryl methyl sites for hydroxylation is 1. The Morgan fingerprint density at radius 3 is 2.69 bits per heavy atom. The van der Waals surface area contributed by atoms with Gasteiger partial charge in [-0.25, -0.2) is 9.78 Å². The molecule has 1 aliphatic heterocycles. The van der Waals surface area contributed by atoms with Gasteiger partial charge in [0.25, 0.3) is 0 Å². The van der Waals surface area contributed by atoms with E-state index < -0.39 is 0 Å². The van der Waals surface area contributed by atoms with Crippen LogP contribution in [0.25, 0.3) is 5.69 Å². The molecule has 2 N–H and O–H groups in total. The molecule has 1 aromatic heterocycles. The molecule has 1 atom stereocenters. The van der Waals surface area contributed by atoms with Crippen molar-refractivity contribution in [2.45, 2.75) is 57.1 Å². The van der Waals surface area contributed by atoms with Crippen LogP contribution in [0.5, 0.6) is 0 Å². The van der Waals surface area contributed by atoms with Gasteiger partial charge in [0.15, 0.2) is 0 Å². The van der Waals surface area contributed by atoms with E-state index in [1.165, 1.54) is 19.3 Å². The Morgan fingerprint density at radius 1 is 1.23 bits per heavy atom. The fourth-order valence-electron chi connectivity index (χ4n) is 4.19. The SMILES string of the molecule is Cc1nccn1-c1ccc(NC(=O)N[C@@H]2COC3(CCCCC3)C2)cc1. The van der Waals surface area contributed by atoms with Crippen molar-refractivity contribution in [3.63, 3.8) is 0 Å². The van der Waals surface area contributed by atoms with Crippen molar-refractivity contribution in [2.24, 2.45) is 0 Å². The van der Waals surface area contributed by atoms with Gasteiger partial charge in [-0.05, 0) is 50.5 Å². The molecule has 1 aliphatic carbocycles. The van der Waals surface area contributed by atoms with Crippen LogP contribution >= 0.6 is 0 Å². The average molecular weight is 354 g/mol. The van der Waals surface area contributed by atoms with Crippen LogP contribution in [0.1, 0.15) is 44.3 Å². The lowest BCUT2D eigenvalue weighted by molar-refractivity contribution is -0.0245. The molecule has 26 heavy (non-hydrogen) atoms. The minimum absolute atomic E-state index is 0.0144. The molecule has 1 saturated carbocycles. The Kier molecular flexibility index (Phi) is 4.68. The number of aromatic nitrogens is 2. The van der Waals surface area contributed by atoms with Crippen LogP contribution in [0.4, 0.5) is 10.5 Å². The van der Waals surface area contributed by atoms with Crippen molar-refractivity contribution in [2.75, 3.05) is 11.9 Å². The Bertz CT molecular complexity index is 762. The first-order chi connectivity index (χ1) is 12.6. The summed E-state index contributed by atoms with van der Waals surface area (Å²) in [5, 5.41) is 5.98. The summed E-state index contributed by atoms with van der Waals surface area (Å²) in [7, 11) is 0. The van der Waals surface area contributed by atoms with E-state index in [0.717, 1.165) is 36.5 Å². The predicted octanol–water partition coefficient (Wildman–Crippen LogP) is 3.79. The zero-order valence-corrected chi connectivity index (χ0v) is 15.2. The molecule has 2 aliphatic rings. The molecular weight excluding hydrogens is 328 g/mol. The molecule has 0 bridgehead atoms. The molecule has 2 amide bonds. The lowest BCUT2D eigenvalue weighted by Crippen LogP contribution is -2.39. The minimum Gasteiger partial charge on any atom is -0.373 e. The molecular formula is C20H26N4O2. The van der Waals surface area contributed by atoms with Gasteiger partial charge in [0.05, 0.1) is 18.2 Å². The summed E-state index contributed by atoms with van der Waals surface area (Å²) in [6.07, 6.45) is 10.7. The number of carbonyl (C=O) groups is 1. The van der Waals surface area contributed by atoms with Crippen molar-refractivity contribution in [1.29, 1.82) is 0 Å². The van der Waals surface area contributed by atoms with Crippen molar-refractivity contribution >= 4 is 11.7 Å². The van der Waals surface area contributed by atoms with Crippen molar-refractivity contribution in [3.8, 4) is 5.69 Å². The predicted molar refractivity (Wildman–Crippen MR) is 101 cm³/mol. The second-order valence-electron chi connectivity index (χ2n) is 7.45. The molecule has 1 spiro atoms. The van der Waals surface area contributed by atoms with Crippen molar-refractivity contribution in [1.82, 2.24) is 14.9 Å². The molecule has 0 unspecified atom stereocenters. The number of carbonyl (C=O) groups excluding carboxylic acids is 1. The summed E-state index contributed by atoms with van der Waals surface area (Å²) in [5.41, 5.74) is 1.81. The third kappa shape index (κ3) is 3.60. The van der Waals surface area contributed by atoms with Gasteiger partial charge in [-0.1, -0.05) is 19.3 Å².